The van der Waals surface area contributed by atoms with Crippen molar-refractivity contribution < 1.29 is 23.5 Å². The number of amides is 1. The third-order valence-corrected chi connectivity index (χ3v) is 3.94. The first-order valence-electron chi connectivity index (χ1n) is 8.43. The van der Waals surface area contributed by atoms with Crippen molar-refractivity contribution in [1.82, 2.24) is 9.88 Å². The molecule has 0 atom stereocenters. The van der Waals surface area contributed by atoms with E-state index < -0.39 is 11.6 Å². The lowest BCUT2D eigenvalue weighted by atomic mass is 10.1. The molecule has 0 spiro atoms. The van der Waals surface area contributed by atoms with Crippen molar-refractivity contribution in [3.8, 4) is 0 Å². The van der Waals surface area contributed by atoms with Crippen molar-refractivity contribution >= 4 is 28.7 Å². The van der Waals surface area contributed by atoms with Crippen LogP contribution in [0.4, 0.5) is 4.79 Å². The summed E-state index contributed by atoms with van der Waals surface area (Å²) in [5.41, 5.74) is 2.04. The van der Waals surface area contributed by atoms with Crippen LogP contribution in [0.2, 0.25) is 0 Å². The molecule has 1 amide bonds. The fourth-order valence-corrected chi connectivity index (χ4v) is 2.67. The normalized spacial score (nSPS) is 14.9. The van der Waals surface area contributed by atoms with Gasteiger partial charge in [0.2, 0.25) is 5.89 Å². The van der Waals surface area contributed by atoms with Crippen molar-refractivity contribution in [2.75, 3.05) is 20.2 Å². The van der Waals surface area contributed by atoms with E-state index in [1.54, 1.807) is 23.1 Å². The van der Waals surface area contributed by atoms with Gasteiger partial charge in [0.1, 0.15) is 11.1 Å². The van der Waals surface area contributed by atoms with Crippen molar-refractivity contribution in [2.45, 2.75) is 32.8 Å². The first kappa shape index (κ1) is 18.0. The molecule has 1 aromatic heterocycles. The summed E-state index contributed by atoms with van der Waals surface area (Å²) in [6.07, 6.45) is 2.21. The SMILES string of the molecule is COC(=O)c1ccc2oc(C3=CCN(C(=O)OC(C)(C)C)CC3)nc2c1. The van der Waals surface area contributed by atoms with Crippen LogP contribution in [-0.4, -0.2) is 47.7 Å². The van der Waals surface area contributed by atoms with Crippen LogP contribution in [0.25, 0.3) is 16.7 Å². The zero-order chi connectivity index (χ0) is 18.9. The predicted molar refractivity (Wildman–Crippen MR) is 95.7 cm³/mol. The van der Waals surface area contributed by atoms with Gasteiger partial charge >= 0.3 is 12.1 Å². The molecule has 0 bridgehead atoms. The summed E-state index contributed by atoms with van der Waals surface area (Å²) in [5, 5.41) is 0. The summed E-state index contributed by atoms with van der Waals surface area (Å²) in [6, 6.07) is 4.99. The Labute approximate surface area is 151 Å². The first-order chi connectivity index (χ1) is 12.3. The summed E-state index contributed by atoms with van der Waals surface area (Å²) < 4.78 is 15.9. The molecule has 26 heavy (non-hydrogen) atoms. The van der Waals surface area contributed by atoms with Crippen LogP contribution in [0.5, 0.6) is 0 Å². The number of methoxy groups -OCH3 is 1. The molecule has 7 heteroatoms. The number of hydrogen-bond acceptors (Lipinski definition) is 6. The lowest BCUT2D eigenvalue weighted by Crippen LogP contribution is -2.39. The molecule has 0 saturated carbocycles. The van der Waals surface area contributed by atoms with Gasteiger partial charge in [-0.25, -0.2) is 14.6 Å². The first-order valence-corrected chi connectivity index (χ1v) is 8.43. The Morgan fingerprint density at radius 1 is 1.27 bits per heavy atom. The van der Waals surface area contributed by atoms with Gasteiger partial charge in [0, 0.05) is 18.7 Å². The second-order valence-corrected chi connectivity index (χ2v) is 7.10. The Morgan fingerprint density at radius 3 is 2.65 bits per heavy atom. The molecule has 2 heterocycles. The molecule has 0 fully saturated rings. The van der Waals surface area contributed by atoms with Crippen molar-refractivity contribution in [3.05, 3.63) is 35.7 Å². The summed E-state index contributed by atoms with van der Waals surface area (Å²) in [6.45, 7) is 6.51. The zero-order valence-corrected chi connectivity index (χ0v) is 15.4. The lowest BCUT2D eigenvalue weighted by Gasteiger charge is -2.29. The van der Waals surface area contributed by atoms with E-state index in [0.29, 0.717) is 42.1 Å². The van der Waals surface area contributed by atoms with Crippen LogP contribution in [0.15, 0.2) is 28.7 Å². The quantitative estimate of drug-likeness (QED) is 0.762. The molecule has 0 unspecified atom stereocenters. The predicted octanol–water partition coefficient (Wildman–Crippen LogP) is 3.64. The largest absolute Gasteiger partial charge is 0.465 e. The molecular formula is C19H22N2O5. The van der Waals surface area contributed by atoms with E-state index in [2.05, 4.69) is 4.98 Å². The van der Waals surface area contributed by atoms with Crippen molar-refractivity contribution in [3.63, 3.8) is 0 Å². The van der Waals surface area contributed by atoms with Gasteiger partial charge in [-0.15, -0.1) is 0 Å². The zero-order valence-electron chi connectivity index (χ0n) is 15.4. The number of nitrogens with zero attached hydrogens (tertiary/aromatic N) is 2. The highest BCUT2D eigenvalue weighted by Gasteiger charge is 2.25. The smallest absolute Gasteiger partial charge is 0.410 e. The molecular weight excluding hydrogens is 336 g/mol. The molecule has 1 aliphatic heterocycles. The monoisotopic (exact) mass is 358 g/mol. The average molecular weight is 358 g/mol. The van der Waals surface area contributed by atoms with Gasteiger partial charge < -0.3 is 18.8 Å². The van der Waals surface area contributed by atoms with Crippen molar-refractivity contribution in [2.24, 2.45) is 0 Å². The average Bonchev–Trinajstić information content (AvgIpc) is 3.02. The number of aromatic nitrogens is 1. The molecule has 0 N–H and O–H groups in total. The molecule has 1 aliphatic rings. The Morgan fingerprint density at radius 2 is 2.04 bits per heavy atom. The molecule has 0 saturated heterocycles. The van der Waals surface area contributed by atoms with Gasteiger partial charge in [-0.2, -0.15) is 0 Å². The summed E-state index contributed by atoms with van der Waals surface area (Å²) >= 11 is 0. The van der Waals surface area contributed by atoms with E-state index in [1.165, 1.54) is 7.11 Å². The Kier molecular flexibility index (Phi) is 4.71. The molecule has 0 radical (unpaired) electrons. The Balaban J connectivity index is 1.76. The number of rotatable bonds is 2. The maximum absolute atomic E-state index is 12.1. The van der Waals surface area contributed by atoms with Gasteiger partial charge in [-0.3, -0.25) is 0 Å². The van der Waals surface area contributed by atoms with Crippen LogP contribution in [0, 0.1) is 0 Å². The number of carbonyl (C=O) groups excluding carboxylic acids is 2. The minimum absolute atomic E-state index is 0.326. The number of ether oxygens (including phenoxy) is 2. The minimum atomic E-state index is -0.515. The fraction of sp³-hybridized carbons (Fsp3) is 0.421. The third kappa shape index (κ3) is 3.87. The Bertz CT molecular complexity index is 876. The van der Waals surface area contributed by atoms with Gasteiger partial charge in [0.15, 0.2) is 5.58 Å². The van der Waals surface area contributed by atoms with E-state index in [4.69, 9.17) is 13.9 Å². The van der Waals surface area contributed by atoms with Crippen LogP contribution >= 0.6 is 0 Å². The van der Waals surface area contributed by atoms with E-state index in [1.807, 2.05) is 26.8 Å². The van der Waals surface area contributed by atoms with Crippen LogP contribution in [-0.2, 0) is 9.47 Å². The maximum Gasteiger partial charge on any atom is 0.410 e. The molecule has 1 aromatic carbocycles. The number of carbonyl (C=O) groups is 2. The van der Waals surface area contributed by atoms with Crippen LogP contribution < -0.4 is 0 Å². The minimum Gasteiger partial charge on any atom is -0.465 e. The van der Waals surface area contributed by atoms with E-state index >= 15 is 0 Å². The fourth-order valence-electron chi connectivity index (χ4n) is 2.67. The van der Waals surface area contributed by atoms with Crippen LogP contribution in [0.3, 0.4) is 0 Å². The summed E-state index contributed by atoms with van der Waals surface area (Å²) in [4.78, 5) is 29.9. The van der Waals surface area contributed by atoms with E-state index in [-0.39, 0.29) is 6.09 Å². The summed E-state index contributed by atoms with van der Waals surface area (Å²) in [7, 11) is 1.34. The second kappa shape index (κ2) is 6.82. The number of hydrogen-bond donors (Lipinski definition) is 0. The number of esters is 1. The van der Waals surface area contributed by atoms with Gasteiger partial charge in [0.25, 0.3) is 0 Å². The Hall–Kier alpha value is -2.83. The number of benzene rings is 1. The molecule has 3 rings (SSSR count). The van der Waals surface area contributed by atoms with Crippen LogP contribution in [0.1, 0.15) is 43.4 Å². The van der Waals surface area contributed by atoms with Crippen molar-refractivity contribution in [1.29, 1.82) is 0 Å². The highest BCUT2D eigenvalue weighted by Crippen LogP contribution is 2.27. The highest BCUT2D eigenvalue weighted by molar-refractivity contribution is 5.93. The van der Waals surface area contributed by atoms with E-state index in [0.717, 1.165) is 5.57 Å². The third-order valence-electron chi connectivity index (χ3n) is 3.94. The summed E-state index contributed by atoms with van der Waals surface area (Å²) in [5.74, 6) is 0.0900. The molecule has 138 valence electrons. The number of fused-ring (bicyclic) bond motifs is 1. The van der Waals surface area contributed by atoms with E-state index in [9.17, 15) is 9.59 Å². The lowest BCUT2D eigenvalue weighted by molar-refractivity contribution is 0.0270. The topological polar surface area (TPSA) is 81.9 Å². The van der Waals surface area contributed by atoms with Gasteiger partial charge in [0.05, 0.1) is 12.7 Å². The van der Waals surface area contributed by atoms with Gasteiger partial charge in [-0.1, -0.05) is 6.08 Å². The maximum atomic E-state index is 12.1. The standard InChI is InChI=1S/C19H22N2O5/c1-19(2,3)26-18(23)21-9-7-12(8-10-21)16-20-14-11-13(17(22)24-4)5-6-15(14)25-16/h5-7,11H,8-10H2,1-4H3. The van der Waals surface area contributed by atoms with Gasteiger partial charge in [-0.05, 0) is 45.4 Å². The number of oxazole rings is 1. The molecule has 2 aromatic rings. The highest BCUT2D eigenvalue weighted by atomic mass is 16.6. The molecule has 0 aliphatic carbocycles. The second-order valence-electron chi connectivity index (χ2n) is 7.10. The molecule has 7 nitrogen and oxygen atoms in total.